The second kappa shape index (κ2) is 4.99. The van der Waals surface area contributed by atoms with Gasteiger partial charge in [-0.05, 0) is 12.8 Å². The summed E-state index contributed by atoms with van der Waals surface area (Å²) in [6.07, 6.45) is -1.29. The Morgan fingerprint density at radius 2 is 2.10 bits per heavy atom. The zero-order valence-corrected chi connectivity index (χ0v) is 11.8. The van der Waals surface area contributed by atoms with Crippen molar-refractivity contribution in [1.82, 2.24) is 0 Å². The molecule has 8 nitrogen and oxygen atoms in total. The maximum atomic E-state index is 13.3. The first-order valence-electron chi connectivity index (χ1n) is 5.91. The van der Waals surface area contributed by atoms with Gasteiger partial charge < -0.3 is 9.99 Å². The number of ether oxygens (including phenoxy) is 1. The molecule has 1 aliphatic heterocycles. The molecule has 5 atom stereocenters. The van der Waals surface area contributed by atoms with Crippen molar-refractivity contribution in [1.29, 1.82) is 0 Å². The number of halogens is 2. The van der Waals surface area contributed by atoms with Crippen LogP contribution in [0.15, 0.2) is 0 Å². The summed E-state index contributed by atoms with van der Waals surface area (Å²) in [4.78, 5) is 11.4. The van der Waals surface area contributed by atoms with Crippen LogP contribution in [-0.2, 0) is 33.2 Å². The van der Waals surface area contributed by atoms with Gasteiger partial charge in [0.05, 0.1) is 5.25 Å². The van der Waals surface area contributed by atoms with E-state index in [9.17, 15) is 27.3 Å². The predicted octanol–water partition coefficient (Wildman–Crippen LogP) is -0.500. The topological polar surface area (TPSA) is 111 Å². The number of carbonyl (C=O) groups is 1. The summed E-state index contributed by atoms with van der Waals surface area (Å²) < 4.78 is 62.9. The molecule has 0 N–H and O–H groups in total. The largest absolute Gasteiger partial charge is 0.691 e. The van der Waals surface area contributed by atoms with E-state index in [4.69, 9.17) is 8.92 Å². The predicted molar refractivity (Wildman–Crippen MR) is 58.4 cm³/mol. The Kier molecular flexibility index (Phi) is 3.65. The van der Waals surface area contributed by atoms with E-state index in [1.807, 2.05) is 0 Å². The van der Waals surface area contributed by atoms with Crippen molar-refractivity contribution in [3.63, 3.8) is 0 Å². The molecule has 120 valence electrons. The van der Waals surface area contributed by atoms with E-state index < -0.39 is 50.8 Å². The molecule has 2 saturated carbocycles. The van der Waals surface area contributed by atoms with Crippen molar-refractivity contribution >= 4 is 28.1 Å². The average Bonchev–Trinajstić information content (AvgIpc) is 3.00. The fourth-order valence-electron chi connectivity index (χ4n) is 3.33. The summed E-state index contributed by atoms with van der Waals surface area (Å²) in [6, 6.07) is 0. The lowest BCUT2D eigenvalue weighted by molar-refractivity contribution is -0.777. The minimum atomic E-state index is -4.15. The van der Waals surface area contributed by atoms with Crippen LogP contribution in [0.3, 0.4) is 0 Å². The molecule has 0 aromatic rings. The van der Waals surface area contributed by atoms with Gasteiger partial charge in [0.2, 0.25) is 0 Å². The van der Waals surface area contributed by atoms with Crippen LogP contribution < -0.4 is 5.26 Å². The molecule has 0 aromatic carbocycles. The van der Waals surface area contributed by atoms with Crippen LogP contribution in [0.2, 0.25) is 0 Å². The molecule has 3 fully saturated rings. The van der Waals surface area contributed by atoms with Gasteiger partial charge in [0.15, 0.2) is 0 Å². The lowest BCUT2D eigenvalue weighted by Crippen LogP contribution is -2.41. The first-order chi connectivity index (χ1) is 9.76. The molecule has 3 aliphatic rings. The number of fused-ring (bicyclic) bond motifs is 1. The monoisotopic (exact) mass is 347 g/mol. The Morgan fingerprint density at radius 3 is 2.76 bits per heavy atom. The Hall–Kier alpha value is -0.530. The number of rotatable bonds is 5. The second-order valence-corrected chi connectivity index (χ2v) is 7.69. The maximum absolute atomic E-state index is 13.3. The molecule has 0 spiro atoms. The third-order valence-corrected chi connectivity index (χ3v) is 6.33. The van der Waals surface area contributed by atoms with Gasteiger partial charge in [0.25, 0.3) is 10.1 Å². The highest BCUT2D eigenvalue weighted by molar-refractivity contribution is 7.96. The molecule has 12 heteroatoms. The van der Waals surface area contributed by atoms with E-state index in [0.717, 1.165) is 0 Å². The van der Waals surface area contributed by atoms with Crippen LogP contribution in [0, 0.1) is 11.8 Å². The molecular weight excluding hydrogens is 338 g/mol. The van der Waals surface area contributed by atoms with Gasteiger partial charge in [-0.15, -0.1) is 0 Å². The van der Waals surface area contributed by atoms with E-state index in [1.165, 1.54) is 0 Å². The minimum Gasteiger partial charge on any atom is -0.691 e. The molecule has 21 heavy (non-hydrogen) atoms. The van der Waals surface area contributed by atoms with Crippen LogP contribution >= 0.6 is 12.0 Å². The zero-order valence-electron chi connectivity index (χ0n) is 10.1. The number of alkyl halides is 2. The van der Waals surface area contributed by atoms with Gasteiger partial charge >= 0.3 is 11.2 Å². The molecule has 2 bridgehead atoms. The normalized spacial score (nSPS) is 39.7. The zero-order chi connectivity index (χ0) is 15.4. The summed E-state index contributed by atoms with van der Waals surface area (Å²) in [5.41, 5.74) is 0. The molecule has 0 amide bonds. The van der Waals surface area contributed by atoms with Gasteiger partial charge in [-0.1, -0.05) is 0 Å². The molecule has 0 aromatic heterocycles. The molecule has 5 unspecified atom stereocenters. The Labute approximate surface area is 121 Å². The molecule has 3 rings (SSSR count). The van der Waals surface area contributed by atoms with Crippen molar-refractivity contribution in [3.05, 3.63) is 0 Å². The van der Waals surface area contributed by atoms with Crippen molar-refractivity contribution in [3.8, 4) is 0 Å². The van der Waals surface area contributed by atoms with E-state index in [-0.39, 0.29) is 18.3 Å². The number of hydrogen-bond donors (Lipinski definition) is 0. The van der Waals surface area contributed by atoms with Gasteiger partial charge in [-0.2, -0.15) is 21.5 Å². The summed E-state index contributed by atoms with van der Waals surface area (Å²) in [6.45, 7) is 0. The van der Waals surface area contributed by atoms with E-state index in [2.05, 4.69) is 9.37 Å². The molecule has 0 radical (unpaired) electrons. The quantitative estimate of drug-likeness (QED) is 0.214. The van der Waals surface area contributed by atoms with E-state index >= 15 is 0 Å². The van der Waals surface area contributed by atoms with Crippen molar-refractivity contribution in [2.24, 2.45) is 11.8 Å². The summed E-state index contributed by atoms with van der Waals surface area (Å²) in [5.74, 6) is -2.60. The SMILES string of the molecule is O=C(OC1C2CC3C1OS(=O)(=O)C3C2)C(F)(F)SOO[O-]. The lowest BCUT2D eigenvalue weighted by atomic mass is 9.94. The van der Waals surface area contributed by atoms with Gasteiger partial charge in [0, 0.05) is 11.8 Å². The van der Waals surface area contributed by atoms with Crippen LogP contribution in [-0.4, -0.2) is 37.1 Å². The van der Waals surface area contributed by atoms with Gasteiger partial charge in [0.1, 0.15) is 24.3 Å². The van der Waals surface area contributed by atoms with E-state index in [1.54, 1.807) is 0 Å². The molecular formula is C9H9F2O8S2-. The first kappa shape index (κ1) is 15.4. The highest BCUT2D eigenvalue weighted by Gasteiger charge is 2.66. The fraction of sp³-hybridized carbons (Fsp3) is 0.889. The highest BCUT2D eigenvalue weighted by atomic mass is 32.2. The molecule has 1 heterocycles. The summed E-state index contributed by atoms with van der Waals surface area (Å²) in [5, 5.41) is 7.46. The van der Waals surface area contributed by atoms with Gasteiger partial charge in [-0.25, -0.2) is 4.79 Å². The molecule has 1 saturated heterocycles. The summed E-state index contributed by atoms with van der Waals surface area (Å²) >= 11 is -0.792. The Bertz CT molecular complexity index is 552. The molecule has 2 aliphatic carbocycles. The smallest absolute Gasteiger partial charge is 0.415 e. The van der Waals surface area contributed by atoms with Crippen molar-refractivity contribution < 1.29 is 45.5 Å². The third-order valence-electron chi connectivity index (χ3n) is 4.06. The highest BCUT2D eigenvalue weighted by Crippen LogP contribution is 2.55. The average molecular weight is 347 g/mol. The van der Waals surface area contributed by atoms with Crippen molar-refractivity contribution in [2.75, 3.05) is 0 Å². The van der Waals surface area contributed by atoms with Crippen LogP contribution in [0.5, 0.6) is 0 Å². The lowest BCUT2D eigenvalue weighted by Gasteiger charge is -2.26. The second-order valence-electron chi connectivity index (χ2n) is 5.09. The Morgan fingerprint density at radius 1 is 1.38 bits per heavy atom. The maximum Gasteiger partial charge on any atom is 0.415 e. The van der Waals surface area contributed by atoms with Crippen LogP contribution in [0.25, 0.3) is 0 Å². The van der Waals surface area contributed by atoms with Crippen LogP contribution in [0.1, 0.15) is 12.8 Å². The van der Waals surface area contributed by atoms with Crippen molar-refractivity contribution in [2.45, 2.75) is 35.6 Å². The first-order valence-corrected chi connectivity index (χ1v) is 8.13. The Balaban J connectivity index is 1.69. The van der Waals surface area contributed by atoms with E-state index in [0.29, 0.717) is 6.42 Å². The summed E-state index contributed by atoms with van der Waals surface area (Å²) in [7, 11) is -3.72. The fourth-order valence-corrected chi connectivity index (χ4v) is 5.44. The number of esters is 1. The number of hydrogen-bond acceptors (Lipinski definition) is 9. The standard InChI is InChI=1S/C9H10F2O8S2/c10-9(11,20-19-18-13)8(12)16-6-3-1-4-5(2-3)21(14,15)17-7(4)6/h3-7,13H,1-2H2/p-1. The number of carbonyl (C=O) groups excluding carboxylic acids is 1. The van der Waals surface area contributed by atoms with Crippen LogP contribution in [0.4, 0.5) is 8.78 Å². The van der Waals surface area contributed by atoms with Gasteiger partial charge in [-0.3, -0.25) is 9.22 Å². The minimum absolute atomic E-state index is 0.223. The third kappa shape index (κ3) is 2.43.